The fourth-order valence-electron chi connectivity index (χ4n) is 1.33. The molecule has 2 atom stereocenters. The summed E-state index contributed by atoms with van der Waals surface area (Å²) in [6.07, 6.45) is 0.251. The van der Waals surface area contributed by atoms with Crippen LogP contribution in [0.5, 0.6) is 0 Å². The Bertz CT molecular complexity index is 533. The third-order valence-electron chi connectivity index (χ3n) is 2.44. The largest absolute Gasteiger partial charge is 0.355 e. The topological polar surface area (TPSA) is 71.1 Å². The van der Waals surface area contributed by atoms with E-state index >= 15 is 0 Å². The van der Waals surface area contributed by atoms with Crippen LogP contribution in [0.25, 0.3) is 0 Å². The van der Waals surface area contributed by atoms with Gasteiger partial charge >= 0.3 is 0 Å². The van der Waals surface area contributed by atoms with Gasteiger partial charge in [-0.05, 0) is 18.6 Å². The molecule has 0 radical (unpaired) electrons. The molecule has 1 aliphatic rings. The zero-order valence-corrected chi connectivity index (χ0v) is 8.74. The lowest BCUT2D eigenvalue weighted by Crippen LogP contribution is -2.19. The number of anilines is 1. The highest BCUT2D eigenvalue weighted by molar-refractivity contribution is 5.95. The lowest BCUT2D eigenvalue weighted by Gasteiger charge is -2.04. The minimum Gasteiger partial charge on any atom is -0.355 e. The average molecular weight is 240 g/mol. The standard InChI is InChI=1S/C11H12FN3O2/c1-13-10(16)6-2-3-9(14-5-6)15-11(17)7-4-8(7)12/h2-3,5,7-8H,4H2,1H3,(H,13,16)(H,14,15,17)/t7-,8-/m1/s1/i1D3. The van der Waals surface area contributed by atoms with E-state index in [4.69, 9.17) is 4.11 Å². The fourth-order valence-corrected chi connectivity index (χ4v) is 1.33. The van der Waals surface area contributed by atoms with Crippen molar-refractivity contribution in [2.45, 2.75) is 12.6 Å². The molecule has 1 fully saturated rings. The predicted octanol–water partition coefficient (Wildman–Crippen LogP) is 0.738. The SMILES string of the molecule is [2H]C([2H])([2H])NC(=O)c1ccc(NC(=O)[C@@H]2C[C@H]2F)nc1. The van der Waals surface area contributed by atoms with Crippen molar-refractivity contribution in [3.05, 3.63) is 23.9 Å². The number of hydrogen-bond acceptors (Lipinski definition) is 3. The van der Waals surface area contributed by atoms with Crippen molar-refractivity contribution >= 4 is 17.6 Å². The molecule has 1 aliphatic carbocycles. The first-order valence-electron chi connectivity index (χ1n) is 6.50. The first-order valence-corrected chi connectivity index (χ1v) is 5.00. The molecular weight excluding hydrogens is 225 g/mol. The van der Waals surface area contributed by atoms with Gasteiger partial charge in [0.25, 0.3) is 5.91 Å². The van der Waals surface area contributed by atoms with Gasteiger partial charge in [-0.15, -0.1) is 0 Å². The molecule has 1 aromatic rings. The summed E-state index contributed by atoms with van der Waals surface area (Å²) in [6, 6.07) is 2.67. The second-order valence-corrected chi connectivity index (χ2v) is 3.73. The quantitative estimate of drug-likeness (QED) is 0.818. The van der Waals surface area contributed by atoms with Crippen molar-refractivity contribution in [2.24, 2.45) is 5.92 Å². The number of amides is 2. The lowest BCUT2D eigenvalue weighted by molar-refractivity contribution is -0.117. The molecule has 1 heterocycles. The predicted molar refractivity (Wildman–Crippen MR) is 59.3 cm³/mol. The Morgan fingerprint density at radius 3 is 2.88 bits per heavy atom. The van der Waals surface area contributed by atoms with E-state index in [-0.39, 0.29) is 17.8 Å². The fraction of sp³-hybridized carbons (Fsp3) is 0.364. The molecule has 0 saturated heterocycles. The van der Waals surface area contributed by atoms with Crippen molar-refractivity contribution in [2.75, 3.05) is 12.3 Å². The van der Waals surface area contributed by atoms with E-state index in [0.29, 0.717) is 0 Å². The van der Waals surface area contributed by atoms with Gasteiger partial charge < -0.3 is 10.6 Å². The molecule has 6 heteroatoms. The number of pyridine rings is 1. The number of nitrogens with one attached hydrogen (secondary N) is 2. The molecule has 0 aromatic carbocycles. The number of carbonyl (C=O) groups is 2. The lowest BCUT2D eigenvalue weighted by atomic mass is 10.2. The van der Waals surface area contributed by atoms with Crippen LogP contribution in [0.3, 0.4) is 0 Å². The summed E-state index contributed by atoms with van der Waals surface area (Å²) >= 11 is 0. The van der Waals surface area contributed by atoms with Crippen molar-refractivity contribution in [3.63, 3.8) is 0 Å². The van der Waals surface area contributed by atoms with E-state index in [0.717, 1.165) is 6.20 Å². The zero-order valence-electron chi connectivity index (χ0n) is 11.7. The Hall–Kier alpha value is -1.98. The maximum Gasteiger partial charge on any atom is 0.252 e. The highest BCUT2D eigenvalue weighted by Crippen LogP contribution is 2.34. The molecule has 0 spiro atoms. The van der Waals surface area contributed by atoms with Crippen LogP contribution >= 0.6 is 0 Å². The number of hydrogen-bond donors (Lipinski definition) is 2. The summed E-state index contributed by atoms with van der Waals surface area (Å²) in [7, 11) is 0. The third kappa shape index (κ3) is 2.58. The Labute approximate surface area is 102 Å². The van der Waals surface area contributed by atoms with E-state index < -0.39 is 30.9 Å². The summed E-state index contributed by atoms with van der Waals surface area (Å²) in [4.78, 5) is 26.8. The second kappa shape index (κ2) is 4.48. The summed E-state index contributed by atoms with van der Waals surface area (Å²) in [5, 5.41) is 4.23. The van der Waals surface area contributed by atoms with Crippen LogP contribution in [0.15, 0.2) is 18.3 Å². The van der Waals surface area contributed by atoms with Crippen LogP contribution in [0.4, 0.5) is 10.2 Å². The van der Waals surface area contributed by atoms with Crippen LogP contribution in [0, 0.1) is 5.92 Å². The van der Waals surface area contributed by atoms with Gasteiger partial charge in [0, 0.05) is 17.3 Å². The smallest absolute Gasteiger partial charge is 0.252 e. The van der Waals surface area contributed by atoms with Crippen LogP contribution < -0.4 is 10.6 Å². The zero-order chi connectivity index (χ0) is 14.9. The minimum absolute atomic E-state index is 0.0499. The maximum absolute atomic E-state index is 12.7. The molecule has 1 aromatic heterocycles. The van der Waals surface area contributed by atoms with Crippen LogP contribution in [-0.4, -0.2) is 29.9 Å². The molecule has 0 bridgehead atoms. The van der Waals surface area contributed by atoms with E-state index in [2.05, 4.69) is 10.3 Å². The summed E-state index contributed by atoms with van der Waals surface area (Å²) < 4.78 is 33.4. The van der Waals surface area contributed by atoms with Gasteiger partial charge in [-0.3, -0.25) is 9.59 Å². The van der Waals surface area contributed by atoms with Crippen molar-refractivity contribution in [1.29, 1.82) is 0 Å². The maximum atomic E-state index is 12.7. The number of carbonyl (C=O) groups excluding carboxylic acids is 2. The number of rotatable bonds is 3. The molecule has 2 rings (SSSR count). The van der Waals surface area contributed by atoms with E-state index in [1.54, 1.807) is 0 Å². The average Bonchev–Trinajstić information content (AvgIpc) is 3.05. The number of halogens is 1. The molecule has 0 aliphatic heterocycles. The Balaban J connectivity index is 1.96. The molecule has 0 unspecified atom stereocenters. The molecular formula is C11H12FN3O2. The van der Waals surface area contributed by atoms with Crippen molar-refractivity contribution in [3.8, 4) is 0 Å². The van der Waals surface area contributed by atoms with Gasteiger partial charge in [0.15, 0.2) is 0 Å². The Morgan fingerprint density at radius 2 is 2.35 bits per heavy atom. The summed E-state index contributed by atoms with van der Waals surface area (Å²) in [6.45, 7) is -2.58. The molecule has 17 heavy (non-hydrogen) atoms. The number of alkyl halides is 1. The Kier molecular flexibility index (Phi) is 2.15. The highest BCUT2D eigenvalue weighted by atomic mass is 19.1. The van der Waals surface area contributed by atoms with Crippen LogP contribution in [-0.2, 0) is 4.79 Å². The molecule has 5 nitrogen and oxygen atoms in total. The van der Waals surface area contributed by atoms with Crippen LogP contribution in [0.1, 0.15) is 20.9 Å². The first kappa shape index (κ1) is 8.16. The number of nitrogens with zero attached hydrogens (tertiary/aromatic N) is 1. The molecule has 90 valence electrons. The van der Waals surface area contributed by atoms with Gasteiger partial charge in [-0.25, -0.2) is 9.37 Å². The van der Waals surface area contributed by atoms with Gasteiger partial charge in [-0.1, -0.05) is 0 Å². The monoisotopic (exact) mass is 240 g/mol. The minimum atomic E-state index is -2.58. The number of aromatic nitrogens is 1. The van der Waals surface area contributed by atoms with Gasteiger partial charge in [-0.2, -0.15) is 0 Å². The first-order chi connectivity index (χ1) is 9.26. The van der Waals surface area contributed by atoms with E-state index in [9.17, 15) is 14.0 Å². The Morgan fingerprint density at radius 1 is 1.59 bits per heavy atom. The highest BCUT2D eigenvalue weighted by Gasteiger charge is 2.43. The normalized spacial score (nSPS) is 25.1. The van der Waals surface area contributed by atoms with Crippen molar-refractivity contribution < 1.29 is 18.1 Å². The van der Waals surface area contributed by atoms with Gasteiger partial charge in [0.05, 0.1) is 11.5 Å². The van der Waals surface area contributed by atoms with Crippen LogP contribution in [0.2, 0.25) is 0 Å². The molecule has 1 saturated carbocycles. The summed E-state index contributed by atoms with van der Waals surface area (Å²) in [5.41, 5.74) is 0.0499. The van der Waals surface area contributed by atoms with E-state index in [1.165, 1.54) is 12.1 Å². The third-order valence-corrected chi connectivity index (χ3v) is 2.44. The molecule has 2 N–H and O–H groups in total. The van der Waals surface area contributed by atoms with Gasteiger partial charge in [0.2, 0.25) is 5.91 Å². The molecule has 2 amide bonds. The van der Waals surface area contributed by atoms with Crippen molar-refractivity contribution in [1.82, 2.24) is 10.3 Å². The van der Waals surface area contributed by atoms with E-state index in [1.807, 2.05) is 5.32 Å². The second-order valence-electron chi connectivity index (χ2n) is 3.73. The van der Waals surface area contributed by atoms with Gasteiger partial charge in [0.1, 0.15) is 12.0 Å². The summed E-state index contributed by atoms with van der Waals surface area (Å²) in [5.74, 6) is -1.69.